The van der Waals surface area contributed by atoms with E-state index in [0.29, 0.717) is 23.9 Å². The molecule has 28 heavy (non-hydrogen) atoms. The van der Waals surface area contributed by atoms with E-state index in [9.17, 15) is 9.18 Å². The van der Waals surface area contributed by atoms with Gasteiger partial charge in [0.25, 0.3) is 0 Å². The van der Waals surface area contributed by atoms with Crippen LogP contribution in [0.25, 0.3) is 5.69 Å². The smallest absolute Gasteiger partial charge is 0.223 e. The molecule has 1 aromatic heterocycles. The lowest BCUT2D eigenvalue weighted by Gasteiger charge is -2.38. The molecule has 2 saturated heterocycles. The molecular formula is C22H29FN4O. The maximum atomic E-state index is 14.0. The highest BCUT2D eigenvalue weighted by atomic mass is 19.1. The molecule has 1 amide bonds. The quantitative estimate of drug-likeness (QED) is 0.793. The van der Waals surface area contributed by atoms with E-state index >= 15 is 0 Å². The molecular weight excluding hydrogens is 355 g/mol. The Morgan fingerprint density at radius 2 is 1.96 bits per heavy atom. The molecule has 2 aromatic rings. The number of para-hydroxylation sites is 1. The molecule has 2 aliphatic rings. The van der Waals surface area contributed by atoms with Gasteiger partial charge < -0.3 is 4.90 Å². The predicted octanol–water partition coefficient (Wildman–Crippen LogP) is 3.48. The van der Waals surface area contributed by atoms with Crippen LogP contribution in [0.3, 0.4) is 0 Å². The number of benzene rings is 1. The first-order valence-corrected chi connectivity index (χ1v) is 10.2. The minimum absolute atomic E-state index is 0.166. The molecule has 2 fully saturated rings. The second-order valence-corrected chi connectivity index (χ2v) is 8.87. The van der Waals surface area contributed by atoms with E-state index in [-0.39, 0.29) is 11.2 Å². The fourth-order valence-electron chi connectivity index (χ4n) is 4.58. The van der Waals surface area contributed by atoms with Crippen molar-refractivity contribution in [3.63, 3.8) is 0 Å². The molecule has 3 heterocycles. The first-order chi connectivity index (χ1) is 13.4. The van der Waals surface area contributed by atoms with Crippen molar-refractivity contribution in [1.82, 2.24) is 19.6 Å². The van der Waals surface area contributed by atoms with Gasteiger partial charge in [0, 0.05) is 37.8 Å². The summed E-state index contributed by atoms with van der Waals surface area (Å²) in [5.74, 6) is 0.576. The number of nitrogens with zero attached hydrogens (tertiary/aromatic N) is 4. The lowest BCUT2D eigenvalue weighted by molar-refractivity contribution is -0.128. The Hall–Kier alpha value is -2.21. The van der Waals surface area contributed by atoms with Crippen LogP contribution < -0.4 is 0 Å². The molecule has 0 N–H and O–H groups in total. The molecule has 4 rings (SSSR count). The zero-order valence-corrected chi connectivity index (χ0v) is 16.8. The van der Waals surface area contributed by atoms with Crippen LogP contribution >= 0.6 is 0 Å². The highest BCUT2D eigenvalue weighted by Gasteiger charge is 2.44. The van der Waals surface area contributed by atoms with Gasteiger partial charge in [-0.25, -0.2) is 9.07 Å². The maximum Gasteiger partial charge on any atom is 0.223 e. The van der Waals surface area contributed by atoms with Gasteiger partial charge in [-0.2, -0.15) is 5.10 Å². The van der Waals surface area contributed by atoms with Crippen LogP contribution in [0.4, 0.5) is 4.39 Å². The van der Waals surface area contributed by atoms with E-state index in [1.165, 1.54) is 6.07 Å². The molecule has 1 aromatic carbocycles. The Labute approximate surface area is 166 Å². The minimum atomic E-state index is -0.270. The zero-order valence-electron chi connectivity index (χ0n) is 16.8. The number of aromatic nitrogens is 2. The molecule has 5 nitrogen and oxygen atoms in total. The second kappa shape index (κ2) is 7.66. The van der Waals surface area contributed by atoms with Gasteiger partial charge in [-0.15, -0.1) is 0 Å². The first kappa shape index (κ1) is 19.1. The highest BCUT2D eigenvalue weighted by Crippen LogP contribution is 2.41. The predicted molar refractivity (Wildman–Crippen MR) is 107 cm³/mol. The number of rotatable bonds is 5. The average molecular weight is 384 g/mol. The molecule has 0 atom stereocenters. The summed E-state index contributed by atoms with van der Waals surface area (Å²) >= 11 is 0. The number of hydrogen-bond donors (Lipinski definition) is 0. The van der Waals surface area contributed by atoms with Gasteiger partial charge in [0.2, 0.25) is 5.91 Å². The number of carbonyl (C=O) groups is 1. The molecule has 2 aliphatic heterocycles. The van der Waals surface area contributed by atoms with Gasteiger partial charge in [-0.3, -0.25) is 9.69 Å². The normalized spacial score (nSPS) is 19.9. The van der Waals surface area contributed by atoms with Crippen LogP contribution in [-0.4, -0.2) is 51.7 Å². The summed E-state index contributed by atoms with van der Waals surface area (Å²) in [6, 6.07) is 6.68. The summed E-state index contributed by atoms with van der Waals surface area (Å²) in [4.78, 5) is 16.9. The summed E-state index contributed by atoms with van der Waals surface area (Å²) in [5, 5.41) is 4.33. The van der Waals surface area contributed by atoms with Crippen LogP contribution in [0.1, 0.15) is 38.7 Å². The Morgan fingerprint density at radius 3 is 2.68 bits per heavy atom. The Kier molecular flexibility index (Phi) is 5.23. The number of amides is 1. The van der Waals surface area contributed by atoms with Gasteiger partial charge in [0.15, 0.2) is 0 Å². The molecule has 6 heteroatoms. The lowest BCUT2D eigenvalue weighted by atomic mass is 9.77. The van der Waals surface area contributed by atoms with Gasteiger partial charge in [0.05, 0.1) is 6.20 Å². The molecule has 1 spiro atoms. The van der Waals surface area contributed by atoms with E-state index in [1.807, 2.05) is 18.5 Å². The highest BCUT2D eigenvalue weighted by molar-refractivity contribution is 5.79. The van der Waals surface area contributed by atoms with Crippen molar-refractivity contribution < 1.29 is 9.18 Å². The molecule has 0 unspecified atom stereocenters. The van der Waals surface area contributed by atoms with Crippen LogP contribution in [0.2, 0.25) is 0 Å². The van der Waals surface area contributed by atoms with Crippen molar-refractivity contribution in [2.75, 3.05) is 26.2 Å². The van der Waals surface area contributed by atoms with E-state index in [0.717, 1.165) is 51.1 Å². The van der Waals surface area contributed by atoms with Crippen LogP contribution in [0.15, 0.2) is 36.7 Å². The SMILES string of the molecule is CC(C)CN1CC2(CCN(Cc3cnn(-c4ccccc4F)c3)CC2)CC1=O. The van der Waals surface area contributed by atoms with E-state index < -0.39 is 0 Å². The van der Waals surface area contributed by atoms with Crippen molar-refractivity contribution in [3.8, 4) is 5.69 Å². The molecule has 0 radical (unpaired) electrons. The van der Waals surface area contributed by atoms with Crippen molar-refractivity contribution in [3.05, 3.63) is 48.0 Å². The van der Waals surface area contributed by atoms with Gasteiger partial charge in [-0.1, -0.05) is 26.0 Å². The van der Waals surface area contributed by atoms with Gasteiger partial charge in [0.1, 0.15) is 11.5 Å². The zero-order chi connectivity index (χ0) is 19.7. The summed E-state index contributed by atoms with van der Waals surface area (Å²) < 4.78 is 15.6. The number of halogens is 1. The fraction of sp³-hybridized carbons (Fsp3) is 0.545. The average Bonchev–Trinajstić information content (AvgIpc) is 3.22. The Bertz CT molecular complexity index is 839. The first-order valence-electron chi connectivity index (χ1n) is 10.2. The second-order valence-electron chi connectivity index (χ2n) is 8.87. The largest absolute Gasteiger partial charge is 0.342 e. The Morgan fingerprint density at radius 1 is 1.21 bits per heavy atom. The maximum absolute atomic E-state index is 14.0. The minimum Gasteiger partial charge on any atom is -0.342 e. The van der Waals surface area contributed by atoms with Crippen LogP contribution in [-0.2, 0) is 11.3 Å². The summed E-state index contributed by atoms with van der Waals surface area (Å²) in [6.45, 7) is 8.93. The standard InChI is InChI=1S/C22H29FN4O/c1-17(2)13-26-16-22(11-21(26)28)7-9-25(10-8-22)14-18-12-24-27(15-18)20-6-4-3-5-19(20)23/h3-6,12,15,17H,7-11,13-14,16H2,1-2H3. The fourth-order valence-corrected chi connectivity index (χ4v) is 4.58. The monoisotopic (exact) mass is 384 g/mol. The molecule has 0 aliphatic carbocycles. The van der Waals surface area contributed by atoms with Crippen molar-refractivity contribution in [2.45, 2.75) is 39.7 Å². The molecule has 0 saturated carbocycles. The number of likely N-dealkylation sites (tertiary alicyclic amines) is 2. The number of carbonyl (C=O) groups excluding carboxylic acids is 1. The van der Waals surface area contributed by atoms with Gasteiger partial charge in [-0.05, 0) is 49.4 Å². The van der Waals surface area contributed by atoms with Crippen molar-refractivity contribution in [2.24, 2.45) is 11.3 Å². The number of piperidine rings is 1. The van der Waals surface area contributed by atoms with E-state index in [2.05, 4.69) is 28.7 Å². The van der Waals surface area contributed by atoms with E-state index in [1.54, 1.807) is 16.8 Å². The Balaban J connectivity index is 1.34. The topological polar surface area (TPSA) is 41.4 Å². The summed E-state index contributed by atoms with van der Waals surface area (Å²) in [5.41, 5.74) is 1.73. The molecule has 150 valence electrons. The van der Waals surface area contributed by atoms with Crippen LogP contribution in [0, 0.1) is 17.2 Å². The van der Waals surface area contributed by atoms with Crippen molar-refractivity contribution >= 4 is 5.91 Å². The third-order valence-electron chi connectivity index (χ3n) is 6.05. The van der Waals surface area contributed by atoms with Crippen LogP contribution in [0.5, 0.6) is 0 Å². The number of hydrogen-bond acceptors (Lipinski definition) is 3. The third-order valence-corrected chi connectivity index (χ3v) is 6.05. The summed E-state index contributed by atoms with van der Waals surface area (Å²) in [6.07, 6.45) is 6.56. The summed E-state index contributed by atoms with van der Waals surface area (Å²) in [7, 11) is 0. The molecule has 0 bridgehead atoms. The third kappa shape index (κ3) is 3.97. The van der Waals surface area contributed by atoms with Gasteiger partial charge >= 0.3 is 0 Å². The van der Waals surface area contributed by atoms with E-state index in [4.69, 9.17) is 0 Å². The lowest BCUT2D eigenvalue weighted by Crippen LogP contribution is -2.41. The van der Waals surface area contributed by atoms with Crippen molar-refractivity contribution in [1.29, 1.82) is 0 Å².